The second-order valence-corrected chi connectivity index (χ2v) is 2.04. The topological polar surface area (TPSA) is 49.9 Å². The molecule has 0 bridgehead atoms. The van der Waals surface area contributed by atoms with Crippen molar-refractivity contribution in [3.8, 4) is 0 Å². The Balaban J connectivity index is 2.83. The Labute approximate surface area is 50.8 Å². The highest BCUT2D eigenvalue weighted by Crippen LogP contribution is 1.84. The lowest BCUT2D eigenvalue weighted by atomic mass is 10.5. The van der Waals surface area contributed by atoms with E-state index in [1.54, 1.807) is 0 Å². The average molecular weight is 198 g/mol. The van der Waals surface area contributed by atoms with Crippen LogP contribution in [0.1, 0.15) is 6.42 Å². The maximum atomic E-state index is 6.67. The van der Waals surface area contributed by atoms with E-state index in [1.165, 1.54) is 0 Å². The van der Waals surface area contributed by atoms with Crippen LogP contribution in [-0.4, -0.2) is 10.3 Å². The van der Waals surface area contributed by atoms with E-state index in [0.29, 0.717) is 0 Å². The van der Waals surface area contributed by atoms with E-state index in [-0.39, 0.29) is 5.84 Å². The molecule has 0 rings (SSSR count). The van der Waals surface area contributed by atoms with Crippen molar-refractivity contribution in [2.75, 3.05) is 4.43 Å². The first-order valence-corrected chi connectivity index (χ1v) is 3.19. The zero-order valence-corrected chi connectivity index (χ0v) is 5.53. The van der Waals surface area contributed by atoms with Crippen molar-refractivity contribution in [1.29, 1.82) is 5.41 Å². The van der Waals surface area contributed by atoms with Crippen LogP contribution < -0.4 is 5.73 Å². The van der Waals surface area contributed by atoms with Crippen molar-refractivity contribution >= 4 is 28.4 Å². The third-order valence-corrected chi connectivity index (χ3v) is 0.903. The molecule has 0 radical (unpaired) electrons. The Kier molecular flexibility index (Phi) is 3.51. The Morgan fingerprint density at radius 3 is 2.33 bits per heavy atom. The highest BCUT2D eigenvalue weighted by Gasteiger charge is 1.80. The van der Waals surface area contributed by atoms with Gasteiger partial charge in [0.25, 0.3) is 0 Å². The normalized spacial score (nSPS) is 8.17. The van der Waals surface area contributed by atoms with Gasteiger partial charge in [-0.05, 0) is 0 Å². The van der Waals surface area contributed by atoms with Crippen molar-refractivity contribution in [3.63, 3.8) is 0 Å². The fraction of sp³-hybridized carbons (Fsp3) is 0.667. The van der Waals surface area contributed by atoms with Crippen molar-refractivity contribution in [1.82, 2.24) is 0 Å². The lowest BCUT2D eigenvalue weighted by Crippen LogP contribution is -2.08. The van der Waals surface area contributed by atoms with E-state index in [9.17, 15) is 0 Å². The van der Waals surface area contributed by atoms with Crippen LogP contribution in [0.25, 0.3) is 0 Å². The van der Waals surface area contributed by atoms with Gasteiger partial charge >= 0.3 is 0 Å². The van der Waals surface area contributed by atoms with Crippen molar-refractivity contribution < 1.29 is 0 Å². The first-order chi connectivity index (χ1) is 2.77. The predicted octanol–water partition coefficient (Wildman–Crippen LogP) is 0.747. The van der Waals surface area contributed by atoms with Gasteiger partial charge in [-0.1, -0.05) is 22.6 Å². The Bertz CT molecular complexity index is 52.8. The lowest BCUT2D eigenvalue weighted by molar-refractivity contribution is 1.25. The number of rotatable bonds is 2. The summed E-state index contributed by atoms with van der Waals surface area (Å²) in [4.78, 5) is 0. The summed E-state index contributed by atoms with van der Waals surface area (Å²) in [5.74, 6) is 0.282. The second-order valence-electron chi connectivity index (χ2n) is 0.964. The van der Waals surface area contributed by atoms with Crippen LogP contribution in [-0.2, 0) is 0 Å². The summed E-state index contributed by atoms with van der Waals surface area (Å²) in [5, 5.41) is 6.67. The Morgan fingerprint density at radius 2 is 2.33 bits per heavy atom. The summed E-state index contributed by atoms with van der Waals surface area (Å²) in [6.45, 7) is 0. The van der Waals surface area contributed by atoms with Gasteiger partial charge in [0.15, 0.2) is 0 Å². The van der Waals surface area contributed by atoms with E-state index in [2.05, 4.69) is 22.6 Å². The van der Waals surface area contributed by atoms with Crippen LogP contribution in [0.4, 0.5) is 0 Å². The molecule has 36 valence electrons. The van der Waals surface area contributed by atoms with Crippen LogP contribution in [0, 0.1) is 5.41 Å². The molecule has 0 amide bonds. The molecule has 0 aromatic rings. The first-order valence-electron chi connectivity index (χ1n) is 1.66. The van der Waals surface area contributed by atoms with Gasteiger partial charge < -0.3 is 5.73 Å². The van der Waals surface area contributed by atoms with E-state index < -0.39 is 0 Å². The molecule has 3 heteroatoms. The minimum absolute atomic E-state index is 0.282. The smallest absolute Gasteiger partial charge is 0.0913 e. The van der Waals surface area contributed by atoms with E-state index in [1.807, 2.05) is 0 Å². The zero-order valence-electron chi connectivity index (χ0n) is 3.37. The molecule has 0 aliphatic heterocycles. The summed E-state index contributed by atoms with van der Waals surface area (Å²) in [6, 6.07) is 0. The van der Waals surface area contributed by atoms with Gasteiger partial charge in [-0.15, -0.1) is 0 Å². The number of nitrogens with two attached hydrogens (primary N) is 1. The predicted molar refractivity (Wildman–Crippen MR) is 35.4 cm³/mol. The number of amidine groups is 1. The first kappa shape index (κ1) is 6.20. The largest absolute Gasteiger partial charge is 0.388 e. The molecule has 0 fully saturated rings. The van der Waals surface area contributed by atoms with Crippen LogP contribution in [0.3, 0.4) is 0 Å². The number of alkyl halides is 1. The van der Waals surface area contributed by atoms with Gasteiger partial charge in [-0.3, -0.25) is 5.41 Å². The fourth-order valence-electron chi connectivity index (χ4n) is 0.102. The monoisotopic (exact) mass is 198 g/mol. The summed E-state index contributed by atoms with van der Waals surface area (Å²) in [5.41, 5.74) is 4.98. The summed E-state index contributed by atoms with van der Waals surface area (Å²) < 4.78 is 0.951. The van der Waals surface area contributed by atoms with Gasteiger partial charge in [0, 0.05) is 10.8 Å². The molecule has 0 heterocycles. The van der Waals surface area contributed by atoms with Crippen LogP contribution in [0.2, 0.25) is 0 Å². The summed E-state index contributed by atoms with van der Waals surface area (Å²) >= 11 is 2.18. The van der Waals surface area contributed by atoms with Gasteiger partial charge in [0.05, 0.1) is 5.84 Å². The second kappa shape index (κ2) is 3.39. The molecular weight excluding hydrogens is 191 g/mol. The summed E-state index contributed by atoms with van der Waals surface area (Å²) in [7, 11) is 0. The van der Waals surface area contributed by atoms with Crippen LogP contribution in [0.15, 0.2) is 0 Å². The highest BCUT2D eigenvalue weighted by atomic mass is 127. The van der Waals surface area contributed by atoms with Gasteiger partial charge in [-0.2, -0.15) is 0 Å². The molecule has 0 aliphatic carbocycles. The molecule has 0 saturated heterocycles. The number of hydrogen-bond acceptors (Lipinski definition) is 1. The van der Waals surface area contributed by atoms with Crippen LogP contribution in [0.5, 0.6) is 0 Å². The van der Waals surface area contributed by atoms with Gasteiger partial charge in [0.2, 0.25) is 0 Å². The van der Waals surface area contributed by atoms with Gasteiger partial charge in [-0.25, -0.2) is 0 Å². The minimum atomic E-state index is 0.282. The molecule has 0 aliphatic rings. The third kappa shape index (κ3) is 4.20. The number of halogens is 1. The zero-order chi connectivity index (χ0) is 4.99. The number of nitrogens with one attached hydrogen (secondary N) is 1. The molecule has 0 spiro atoms. The Hall–Kier alpha value is 0.200. The summed E-state index contributed by atoms with van der Waals surface area (Å²) in [6.07, 6.45) is 0.723. The highest BCUT2D eigenvalue weighted by molar-refractivity contribution is 14.1. The molecule has 0 atom stereocenters. The molecule has 6 heavy (non-hydrogen) atoms. The lowest BCUT2D eigenvalue weighted by Gasteiger charge is -1.84. The molecular formula is C3H7IN2. The maximum Gasteiger partial charge on any atom is 0.0913 e. The van der Waals surface area contributed by atoms with E-state index in [0.717, 1.165) is 10.8 Å². The van der Waals surface area contributed by atoms with Crippen LogP contribution >= 0.6 is 22.6 Å². The minimum Gasteiger partial charge on any atom is -0.388 e. The van der Waals surface area contributed by atoms with Gasteiger partial charge in [0.1, 0.15) is 0 Å². The van der Waals surface area contributed by atoms with Crippen molar-refractivity contribution in [2.24, 2.45) is 5.73 Å². The van der Waals surface area contributed by atoms with Crippen molar-refractivity contribution in [3.05, 3.63) is 0 Å². The Morgan fingerprint density at radius 1 is 1.83 bits per heavy atom. The van der Waals surface area contributed by atoms with E-state index in [4.69, 9.17) is 11.1 Å². The molecule has 0 aromatic heterocycles. The quantitative estimate of drug-likeness (QED) is 0.292. The maximum absolute atomic E-state index is 6.67. The van der Waals surface area contributed by atoms with E-state index >= 15 is 0 Å². The fourth-order valence-corrected chi connectivity index (χ4v) is 0.683. The number of hydrogen-bond donors (Lipinski definition) is 2. The molecule has 3 N–H and O–H groups in total. The molecule has 2 nitrogen and oxygen atoms in total. The molecule has 0 unspecified atom stereocenters. The SMILES string of the molecule is N=C(N)CCI. The van der Waals surface area contributed by atoms with Crippen molar-refractivity contribution in [2.45, 2.75) is 6.42 Å². The third-order valence-electron chi connectivity index (χ3n) is 0.364. The molecule has 0 saturated carbocycles. The molecule has 0 aromatic carbocycles. The standard InChI is InChI=1S/C3H7IN2/c4-2-1-3(5)6/h1-2H2,(H3,5,6). The average Bonchev–Trinajstić information content (AvgIpc) is 1.35.